The summed E-state index contributed by atoms with van der Waals surface area (Å²) in [7, 11) is 0. The molecule has 1 aliphatic rings. The van der Waals surface area contributed by atoms with Gasteiger partial charge in [0.1, 0.15) is 6.61 Å². The van der Waals surface area contributed by atoms with Crippen LogP contribution in [0, 0.1) is 35.5 Å². The molecule has 2 nitrogen and oxygen atoms in total. The van der Waals surface area contributed by atoms with Crippen molar-refractivity contribution in [1.29, 1.82) is 0 Å². The molecule has 0 amide bonds. The Morgan fingerprint density at radius 2 is 1.75 bits per heavy atom. The third-order valence-corrected chi connectivity index (χ3v) is 4.78. The predicted octanol–water partition coefficient (Wildman–Crippen LogP) is 4.70. The molecule has 0 fully saturated rings. The largest absolute Gasteiger partial charge is 0.461 e. The van der Waals surface area contributed by atoms with E-state index in [1.807, 2.05) is 0 Å². The highest BCUT2D eigenvalue weighted by Gasteiger charge is 2.39. The standard InChI is InChI=1S/C18H32O2/c1-11(2)16-9-8-15(10-20-14(7)19)17(12(3)4)18(16)13(5)6/h8,11-13,16-18H,9-10H2,1-7H3/t16-,17?,18?/m1/s1. The summed E-state index contributed by atoms with van der Waals surface area (Å²) in [5.41, 5.74) is 1.34. The minimum atomic E-state index is -0.180. The van der Waals surface area contributed by atoms with E-state index < -0.39 is 0 Å². The zero-order valence-electron chi connectivity index (χ0n) is 14.3. The fourth-order valence-corrected chi connectivity index (χ4v) is 3.93. The van der Waals surface area contributed by atoms with Crippen molar-refractivity contribution in [2.24, 2.45) is 35.5 Å². The molecule has 0 aliphatic heterocycles. The van der Waals surface area contributed by atoms with Gasteiger partial charge in [-0.15, -0.1) is 0 Å². The third-order valence-electron chi connectivity index (χ3n) is 4.78. The number of ether oxygens (including phenoxy) is 1. The Morgan fingerprint density at radius 3 is 2.15 bits per heavy atom. The SMILES string of the molecule is CC(=O)OCC1=CC[C@H](C(C)C)C(C(C)C)C1C(C)C. The number of carbonyl (C=O) groups is 1. The van der Waals surface area contributed by atoms with E-state index in [2.05, 4.69) is 47.6 Å². The lowest BCUT2D eigenvalue weighted by molar-refractivity contribution is -0.140. The van der Waals surface area contributed by atoms with Crippen molar-refractivity contribution in [3.05, 3.63) is 11.6 Å². The molecule has 0 spiro atoms. The summed E-state index contributed by atoms with van der Waals surface area (Å²) < 4.78 is 5.28. The minimum absolute atomic E-state index is 0.180. The van der Waals surface area contributed by atoms with Crippen LogP contribution in [0.15, 0.2) is 11.6 Å². The van der Waals surface area contributed by atoms with Crippen LogP contribution in [0.2, 0.25) is 0 Å². The highest BCUT2D eigenvalue weighted by Crippen LogP contribution is 2.46. The van der Waals surface area contributed by atoms with Gasteiger partial charge < -0.3 is 4.74 Å². The average molecular weight is 280 g/mol. The lowest BCUT2D eigenvalue weighted by Gasteiger charge is -2.44. The first-order chi connectivity index (χ1) is 9.25. The van der Waals surface area contributed by atoms with E-state index in [4.69, 9.17) is 4.74 Å². The highest BCUT2D eigenvalue weighted by atomic mass is 16.5. The Labute approximate surface area is 125 Å². The van der Waals surface area contributed by atoms with E-state index in [1.54, 1.807) is 0 Å². The summed E-state index contributed by atoms with van der Waals surface area (Å²) in [6, 6.07) is 0. The summed E-state index contributed by atoms with van der Waals surface area (Å²) >= 11 is 0. The highest BCUT2D eigenvalue weighted by molar-refractivity contribution is 5.66. The van der Waals surface area contributed by atoms with E-state index in [0.717, 1.165) is 12.3 Å². The van der Waals surface area contributed by atoms with E-state index in [0.29, 0.717) is 36.2 Å². The molecule has 1 aliphatic carbocycles. The molecule has 2 unspecified atom stereocenters. The third kappa shape index (κ3) is 4.10. The average Bonchev–Trinajstić information content (AvgIpc) is 2.34. The van der Waals surface area contributed by atoms with Crippen LogP contribution in [0.3, 0.4) is 0 Å². The topological polar surface area (TPSA) is 26.3 Å². The number of allylic oxidation sites excluding steroid dienone is 1. The number of hydrogen-bond donors (Lipinski definition) is 0. The van der Waals surface area contributed by atoms with Gasteiger partial charge in [-0.05, 0) is 47.5 Å². The minimum Gasteiger partial charge on any atom is -0.461 e. The van der Waals surface area contributed by atoms with Crippen LogP contribution in [0.1, 0.15) is 54.9 Å². The molecule has 0 saturated carbocycles. The molecular formula is C18H32O2. The zero-order chi connectivity index (χ0) is 15.4. The Hall–Kier alpha value is -0.790. The van der Waals surface area contributed by atoms with Gasteiger partial charge in [-0.3, -0.25) is 4.79 Å². The molecule has 0 aromatic carbocycles. The van der Waals surface area contributed by atoms with Crippen molar-refractivity contribution < 1.29 is 9.53 Å². The number of carbonyl (C=O) groups excluding carboxylic acids is 1. The second-order valence-electron chi connectivity index (χ2n) is 7.29. The molecule has 0 radical (unpaired) electrons. The van der Waals surface area contributed by atoms with Crippen molar-refractivity contribution in [2.45, 2.75) is 54.9 Å². The molecule has 3 atom stereocenters. The number of hydrogen-bond acceptors (Lipinski definition) is 2. The molecule has 0 N–H and O–H groups in total. The molecule has 0 saturated heterocycles. The molecular weight excluding hydrogens is 248 g/mol. The van der Waals surface area contributed by atoms with Gasteiger partial charge in [0.2, 0.25) is 0 Å². The van der Waals surface area contributed by atoms with Crippen molar-refractivity contribution in [3.8, 4) is 0 Å². The quantitative estimate of drug-likeness (QED) is 0.539. The Bertz CT molecular complexity index is 352. The van der Waals surface area contributed by atoms with Crippen LogP contribution >= 0.6 is 0 Å². The van der Waals surface area contributed by atoms with Crippen molar-refractivity contribution in [1.82, 2.24) is 0 Å². The summed E-state index contributed by atoms with van der Waals surface area (Å²) in [5.74, 6) is 3.74. The molecule has 1 rings (SSSR count). The second kappa shape index (κ2) is 7.28. The summed E-state index contributed by atoms with van der Waals surface area (Å²) in [6.07, 6.45) is 3.47. The van der Waals surface area contributed by atoms with Crippen molar-refractivity contribution >= 4 is 5.97 Å². The van der Waals surface area contributed by atoms with Crippen LogP contribution in [-0.2, 0) is 9.53 Å². The van der Waals surface area contributed by atoms with E-state index in [9.17, 15) is 4.79 Å². The smallest absolute Gasteiger partial charge is 0.302 e. The Morgan fingerprint density at radius 1 is 1.15 bits per heavy atom. The van der Waals surface area contributed by atoms with E-state index in [-0.39, 0.29) is 5.97 Å². The van der Waals surface area contributed by atoms with E-state index in [1.165, 1.54) is 12.5 Å². The van der Waals surface area contributed by atoms with Gasteiger partial charge in [-0.2, -0.15) is 0 Å². The molecule has 0 aromatic rings. The first-order valence-electron chi connectivity index (χ1n) is 8.08. The van der Waals surface area contributed by atoms with Crippen LogP contribution in [0.25, 0.3) is 0 Å². The predicted molar refractivity (Wildman–Crippen MR) is 84.3 cm³/mol. The normalized spacial score (nSPS) is 27.1. The molecule has 2 heteroatoms. The van der Waals surface area contributed by atoms with Crippen molar-refractivity contribution in [2.75, 3.05) is 6.61 Å². The molecule has 116 valence electrons. The number of rotatable bonds is 5. The summed E-state index contributed by atoms with van der Waals surface area (Å²) in [5, 5.41) is 0. The van der Waals surface area contributed by atoms with Gasteiger partial charge in [-0.25, -0.2) is 0 Å². The first-order valence-corrected chi connectivity index (χ1v) is 8.08. The second-order valence-corrected chi connectivity index (χ2v) is 7.29. The maximum atomic E-state index is 11.1. The molecule has 0 heterocycles. The van der Waals surface area contributed by atoms with Crippen LogP contribution in [0.4, 0.5) is 0 Å². The molecule has 0 aromatic heterocycles. The zero-order valence-corrected chi connectivity index (χ0v) is 14.3. The maximum absolute atomic E-state index is 11.1. The van der Waals surface area contributed by atoms with E-state index >= 15 is 0 Å². The van der Waals surface area contributed by atoms with Crippen LogP contribution in [0.5, 0.6) is 0 Å². The van der Waals surface area contributed by atoms with Gasteiger partial charge in [-0.1, -0.05) is 47.6 Å². The van der Waals surface area contributed by atoms with Gasteiger partial charge in [0.15, 0.2) is 0 Å². The maximum Gasteiger partial charge on any atom is 0.302 e. The van der Waals surface area contributed by atoms with Gasteiger partial charge in [0.05, 0.1) is 0 Å². The Balaban J connectivity index is 3.03. The lowest BCUT2D eigenvalue weighted by atomic mass is 9.61. The van der Waals surface area contributed by atoms with Crippen LogP contribution in [-0.4, -0.2) is 12.6 Å². The summed E-state index contributed by atoms with van der Waals surface area (Å²) in [4.78, 5) is 11.1. The van der Waals surface area contributed by atoms with Gasteiger partial charge in [0.25, 0.3) is 0 Å². The number of esters is 1. The Kier molecular flexibility index (Phi) is 6.29. The van der Waals surface area contributed by atoms with Gasteiger partial charge in [0, 0.05) is 6.92 Å². The fourth-order valence-electron chi connectivity index (χ4n) is 3.93. The fraction of sp³-hybridized carbons (Fsp3) is 0.833. The molecule has 20 heavy (non-hydrogen) atoms. The monoisotopic (exact) mass is 280 g/mol. The van der Waals surface area contributed by atoms with Gasteiger partial charge >= 0.3 is 5.97 Å². The molecule has 0 bridgehead atoms. The lowest BCUT2D eigenvalue weighted by Crippen LogP contribution is -2.38. The van der Waals surface area contributed by atoms with Crippen molar-refractivity contribution in [3.63, 3.8) is 0 Å². The van der Waals surface area contributed by atoms with Crippen LogP contribution < -0.4 is 0 Å². The first kappa shape index (κ1) is 17.3. The summed E-state index contributed by atoms with van der Waals surface area (Å²) in [6.45, 7) is 15.9.